The predicted molar refractivity (Wildman–Crippen MR) is 178 cm³/mol. The van der Waals surface area contributed by atoms with E-state index in [9.17, 15) is 14.7 Å². The minimum atomic E-state index is -0.771. The maximum atomic E-state index is 14.3. The number of hydrogen-bond acceptors (Lipinski definition) is 6. The summed E-state index contributed by atoms with van der Waals surface area (Å²) < 4.78 is 14.7. The van der Waals surface area contributed by atoms with E-state index in [4.69, 9.17) is 9.47 Å². The summed E-state index contributed by atoms with van der Waals surface area (Å²) in [4.78, 5) is 31.9. The van der Waals surface area contributed by atoms with Crippen LogP contribution in [0.1, 0.15) is 111 Å². The maximum Gasteiger partial charge on any atom is 0.312 e. The zero-order valence-electron chi connectivity index (χ0n) is 29.3. The van der Waals surface area contributed by atoms with Gasteiger partial charge in [-0.1, -0.05) is 45.1 Å². The fourth-order valence-electron chi connectivity index (χ4n) is 12.3. The minimum absolute atomic E-state index is 0.0217. The quantitative estimate of drug-likeness (QED) is 0.171. The highest BCUT2D eigenvalue weighted by Gasteiger charge is 2.74. The van der Waals surface area contributed by atoms with Gasteiger partial charge in [0.15, 0.2) is 0 Å². The molecule has 6 rings (SSSR count). The standard InChI is InChI=1S/C39H58N2O5/c1-24(2)27-12-15-39(35(44)45-21-11-9-10-19-41-20-18-40-26(41)5)17-16-36(6)29(33(27)39)22-30-34-37(36,7)14-13-28(25(3)4)38(34,8)31(42)23-32(43)46-30/h18,20,27-31,33-34,42H,1,3,9-17,19,21-23H2,2,4-8H3/t27-,28-,29+,30+,31+,33+,34-,36+,37+,38+,39-/m0/s1. The Balaban J connectivity index is 1.27. The number of fused-ring (bicyclic) bond motifs is 4. The lowest BCUT2D eigenvalue weighted by atomic mass is 9.33. The van der Waals surface area contributed by atoms with Crippen LogP contribution in [0.15, 0.2) is 36.7 Å². The smallest absolute Gasteiger partial charge is 0.312 e. The molecule has 7 heteroatoms. The van der Waals surface area contributed by atoms with Gasteiger partial charge in [-0.2, -0.15) is 0 Å². The van der Waals surface area contributed by atoms with Crippen molar-refractivity contribution < 1.29 is 24.2 Å². The van der Waals surface area contributed by atoms with Crippen LogP contribution in [0.4, 0.5) is 0 Å². The second-order valence-electron chi connectivity index (χ2n) is 16.7. The van der Waals surface area contributed by atoms with Gasteiger partial charge in [0, 0.05) is 30.3 Å². The molecule has 1 aromatic heterocycles. The first-order valence-electron chi connectivity index (χ1n) is 18.0. The summed E-state index contributed by atoms with van der Waals surface area (Å²) >= 11 is 0. The summed E-state index contributed by atoms with van der Waals surface area (Å²) in [5.41, 5.74) is 0.955. The lowest BCUT2D eigenvalue weighted by Crippen LogP contribution is -2.69. The average molecular weight is 635 g/mol. The van der Waals surface area contributed by atoms with E-state index >= 15 is 0 Å². The topological polar surface area (TPSA) is 90.7 Å². The molecule has 46 heavy (non-hydrogen) atoms. The van der Waals surface area contributed by atoms with Crippen molar-refractivity contribution in [1.29, 1.82) is 0 Å². The van der Waals surface area contributed by atoms with E-state index in [0.29, 0.717) is 6.61 Å². The summed E-state index contributed by atoms with van der Waals surface area (Å²) in [6.45, 7) is 23.6. The number of carbonyl (C=O) groups excluding carboxylic acids is 2. The monoisotopic (exact) mass is 634 g/mol. The van der Waals surface area contributed by atoms with Crippen LogP contribution in [0, 0.1) is 58.2 Å². The molecule has 1 aromatic rings. The zero-order valence-corrected chi connectivity index (χ0v) is 29.3. The molecule has 11 atom stereocenters. The Hall–Kier alpha value is -2.41. The number of aromatic nitrogens is 2. The number of hydrogen-bond donors (Lipinski definition) is 1. The summed E-state index contributed by atoms with van der Waals surface area (Å²) in [6, 6.07) is 0. The molecule has 1 saturated heterocycles. The van der Waals surface area contributed by atoms with Crippen LogP contribution >= 0.6 is 0 Å². The maximum absolute atomic E-state index is 14.3. The average Bonchev–Trinajstić information content (AvgIpc) is 3.57. The molecule has 0 aromatic carbocycles. The van der Waals surface area contributed by atoms with Crippen molar-refractivity contribution in [2.24, 2.45) is 51.2 Å². The van der Waals surface area contributed by atoms with Gasteiger partial charge in [0.2, 0.25) is 0 Å². The van der Waals surface area contributed by atoms with Crippen LogP contribution in [0.25, 0.3) is 0 Å². The molecule has 254 valence electrons. The van der Waals surface area contributed by atoms with Crippen LogP contribution in [0.5, 0.6) is 0 Å². The first kappa shape index (κ1) is 33.5. The summed E-state index contributed by atoms with van der Waals surface area (Å²) in [5.74, 6) is 1.40. The number of allylic oxidation sites excluding steroid dienone is 2. The fraction of sp³-hybridized carbons (Fsp3) is 0.769. The van der Waals surface area contributed by atoms with Gasteiger partial charge in [-0.3, -0.25) is 9.59 Å². The molecular formula is C39H58N2O5. The lowest BCUT2D eigenvalue weighted by molar-refractivity contribution is -0.260. The first-order valence-corrected chi connectivity index (χ1v) is 18.0. The van der Waals surface area contributed by atoms with E-state index in [-0.39, 0.29) is 64.9 Å². The van der Waals surface area contributed by atoms with E-state index in [0.717, 1.165) is 87.7 Å². The highest BCUT2D eigenvalue weighted by Crippen LogP contribution is 2.77. The Morgan fingerprint density at radius 3 is 2.50 bits per heavy atom. The van der Waals surface area contributed by atoms with Gasteiger partial charge in [0.1, 0.15) is 11.9 Å². The van der Waals surface area contributed by atoms with E-state index in [1.54, 1.807) is 0 Å². The molecule has 2 heterocycles. The number of ether oxygens (including phenoxy) is 2. The number of imidazole rings is 1. The van der Waals surface area contributed by atoms with Crippen molar-refractivity contribution in [3.63, 3.8) is 0 Å². The first-order chi connectivity index (χ1) is 21.7. The Kier molecular flexibility index (Phi) is 8.68. The molecule has 5 aliphatic rings. The third kappa shape index (κ3) is 4.87. The number of aliphatic hydroxyl groups is 1. The van der Waals surface area contributed by atoms with Gasteiger partial charge in [-0.25, -0.2) is 4.98 Å². The number of rotatable bonds is 9. The van der Waals surface area contributed by atoms with Crippen LogP contribution < -0.4 is 0 Å². The van der Waals surface area contributed by atoms with Crippen molar-refractivity contribution in [2.45, 2.75) is 131 Å². The number of nitrogens with zero attached hydrogens (tertiary/aromatic N) is 2. The van der Waals surface area contributed by atoms with Gasteiger partial charge in [-0.05, 0) is 119 Å². The van der Waals surface area contributed by atoms with Crippen molar-refractivity contribution >= 4 is 11.9 Å². The van der Waals surface area contributed by atoms with Gasteiger partial charge in [-0.15, -0.1) is 0 Å². The van der Waals surface area contributed by atoms with Crippen molar-refractivity contribution in [1.82, 2.24) is 9.55 Å². The predicted octanol–water partition coefficient (Wildman–Crippen LogP) is 7.61. The molecule has 0 radical (unpaired) electrons. The van der Waals surface area contributed by atoms with Crippen molar-refractivity contribution in [3.05, 3.63) is 42.5 Å². The Bertz CT molecular complexity index is 1380. The molecule has 4 saturated carbocycles. The second kappa shape index (κ2) is 11.9. The molecule has 5 fully saturated rings. The Labute approximate surface area is 276 Å². The van der Waals surface area contributed by atoms with Crippen LogP contribution in [0.3, 0.4) is 0 Å². The van der Waals surface area contributed by atoms with Crippen molar-refractivity contribution in [2.75, 3.05) is 6.61 Å². The van der Waals surface area contributed by atoms with Gasteiger partial charge >= 0.3 is 11.9 Å². The number of aryl methyl sites for hydroxylation is 2. The van der Waals surface area contributed by atoms with Crippen molar-refractivity contribution in [3.8, 4) is 0 Å². The normalized spacial score (nSPS) is 43.0. The van der Waals surface area contributed by atoms with E-state index in [2.05, 4.69) is 57.3 Å². The second-order valence-corrected chi connectivity index (χ2v) is 16.7. The zero-order chi connectivity index (χ0) is 33.2. The molecule has 0 bridgehead atoms. The third-order valence-corrected chi connectivity index (χ3v) is 14.7. The fourth-order valence-corrected chi connectivity index (χ4v) is 12.3. The highest BCUT2D eigenvalue weighted by atomic mass is 16.5. The number of esters is 2. The third-order valence-electron chi connectivity index (χ3n) is 14.7. The van der Waals surface area contributed by atoms with E-state index in [1.807, 2.05) is 19.3 Å². The minimum Gasteiger partial charge on any atom is -0.465 e. The lowest BCUT2D eigenvalue weighted by Gasteiger charge is -2.71. The largest absolute Gasteiger partial charge is 0.465 e. The van der Waals surface area contributed by atoms with Gasteiger partial charge in [0.05, 0.1) is 24.5 Å². The molecule has 1 N–H and O–H groups in total. The SMILES string of the molecule is C=C(C)[C@@H]1CC[C@]2(C(=O)OCCCCCn3ccnc3C)CC[C@]3(C)[C@H](C[C@H]4OC(=O)C[C@@H](O)[C@]5(C)[C@@H]4[C@@]3(C)CC[C@H]5C(=C)C)[C@@H]12. The molecule has 7 nitrogen and oxygen atoms in total. The molecule has 1 aliphatic heterocycles. The van der Waals surface area contributed by atoms with Gasteiger partial charge in [0.25, 0.3) is 0 Å². The number of aliphatic hydroxyl groups excluding tert-OH is 1. The Morgan fingerprint density at radius 1 is 1.07 bits per heavy atom. The molecule has 4 aliphatic carbocycles. The molecular weight excluding hydrogens is 576 g/mol. The van der Waals surface area contributed by atoms with Crippen LogP contribution in [-0.2, 0) is 25.6 Å². The van der Waals surface area contributed by atoms with Crippen LogP contribution in [-0.4, -0.2) is 45.4 Å². The van der Waals surface area contributed by atoms with E-state index < -0.39 is 16.9 Å². The number of carbonyl (C=O) groups is 2. The van der Waals surface area contributed by atoms with Crippen LogP contribution in [0.2, 0.25) is 0 Å². The summed E-state index contributed by atoms with van der Waals surface area (Å²) in [5, 5.41) is 11.7. The highest BCUT2D eigenvalue weighted by molar-refractivity contribution is 5.78. The van der Waals surface area contributed by atoms with Gasteiger partial charge < -0.3 is 19.1 Å². The molecule has 0 unspecified atom stereocenters. The Morgan fingerprint density at radius 2 is 1.83 bits per heavy atom. The molecule has 0 spiro atoms. The number of unbranched alkanes of at least 4 members (excludes halogenated alkanes) is 2. The molecule has 0 amide bonds. The summed E-state index contributed by atoms with van der Waals surface area (Å²) in [7, 11) is 0. The van der Waals surface area contributed by atoms with E-state index in [1.165, 1.54) is 0 Å². The summed E-state index contributed by atoms with van der Waals surface area (Å²) in [6.07, 6.45) is 11.9.